The highest BCUT2D eigenvalue weighted by Gasteiger charge is 2.57. The van der Waals surface area contributed by atoms with Gasteiger partial charge in [-0.2, -0.15) is 0 Å². The van der Waals surface area contributed by atoms with Crippen molar-refractivity contribution in [3.8, 4) is 0 Å². The van der Waals surface area contributed by atoms with Crippen LogP contribution in [0.25, 0.3) is 0 Å². The minimum atomic E-state index is -1.19. The zero-order valence-corrected chi connectivity index (χ0v) is 10.3. The molecular weight excluding hydrogens is 248 g/mol. The van der Waals surface area contributed by atoms with Gasteiger partial charge in [0, 0.05) is 12.5 Å². The zero-order valence-electron chi connectivity index (χ0n) is 10.3. The summed E-state index contributed by atoms with van der Waals surface area (Å²) in [5, 5.41) is 11.4. The molecule has 6 nitrogen and oxygen atoms in total. The highest BCUT2D eigenvalue weighted by atomic mass is 16.5. The molecule has 0 aliphatic heterocycles. The van der Waals surface area contributed by atoms with Crippen LogP contribution in [0.1, 0.15) is 12.0 Å². The number of nitrogens with two attached hydrogens (primary N) is 1. The van der Waals surface area contributed by atoms with Crippen molar-refractivity contribution in [2.24, 2.45) is 11.7 Å². The van der Waals surface area contributed by atoms with Crippen LogP contribution in [0.15, 0.2) is 30.3 Å². The highest BCUT2D eigenvalue weighted by Crippen LogP contribution is 2.40. The number of carboxylic acid groups (broad SMARTS) is 1. The standard InChI is InChI=1S/C13H16N2O4/c14-13(11(16)17)6-10(13)7-15-12(18)19-8-9-4-2-1-3-5-9/h1-5,10H,6-8,14H2,(H,15,18)(H,16,17)/t10-,13+/m1/s1. The van der Waals surface area contributed by atoms with E-state index in [2.05, 4.69) is 5.32 Å². The Balaban J connectivity index is 1.68. The molecule has 1 aliphatic rings. The van der Waals surface area contributed by atoms with Crippen molar-refractivity contribution in [3.05, 3.63) is 35.9 Å². The highest BCUT2D eigenvalue weighted by molar-refractivity contribution is 5.83. The second-order valence-electron chi connectivity index (χ2n) is 4.69. The smallest absolute Gasteiger partial charge is 0.407 e. The van der Waals surface area contributed by atoms with E-state index < -0.39 is 17.6 Å². The molecule has 1 fully saturated rings. The fourth-order valence-electron chi connectivity index (χ4n) is 1.85. The van der Waals surface area contributed by atoms with Crippen LogP contribution in [-0.4, -0.2) is 29.3 Å². The first-order valence-corrected chi connectivity index (χ1v) is 5.99. The third-order valence-corrected chi connectivity index (χ3v) is 3.26. The predicted molar refractivity (Wildman–Crippen MR) is 67.3 cm³/mol. The van der Waals surface area contributed by atoms with E-state index >= 15 is 0 Å². The van der Waals surface area contributed by atoms with Crippen LogP contribution in [0.2, 0.25) is 0 Å². The second kappa shape index (κ2) is 5.27. The molecule has 1 aromatic carbocycles. The van der Waals surface area contributed by atoms with Gasteiger partial charge in [0.1, 0.15) is 12.1 Å². The van der Waals surface area contributed by atoms with E-state index in [4.69, 9.17) is 15.6 Å². The number of benzene rings is 1. The van der Waals surface area contributed by atoms with Crippen LogP contribution >= 0.6 is 0 Å². The summed E-state index contributed by atoms with van der Waals surface area (Å²) in [5.74, 6) is -1.26. The van der Waals surface area contributed by atoms with Gasteiger partial charge in [-0.25, -0.2) is 4.79 Å². The molecule has 1 amide bonds. The molecule has 2 atom stereocenters. The molecule has 0 saturated heterocycles. The molecule has 2 rings (SSSR count). The van der Waals surface area contributed by atoms with Crippen molar-refractivity contribution in [2.75, 3.05) is 6.54 Å². The zero-order chi connectivity index (χ0) is 13.9. The molecule has 6 heteroatoms. The minimum Gasteiger partial charge on any atom is -0.480 e. The molecule has 1 aromatic rings. The first-order valence-electron chi connectivity index (χ1n) is 5.99. The van der Waals surface area contributed by atoms with Crippen molar-refractivity contribution < 1.29 is 19.4 Å². The fraction of sp³-hybridized carbons (Fsp3) is 0.385. The van der Waals surface area contributed by atoms with Gasteiger partial charge >= 0.3 is 12.1 Å². The van der Waals surface area contributed by atoms with Crippen LogP contribution in [0, 0.1) is 5.92 Å². The second-order valence-corrected chi connectivity index (χ2v) is 4.69. The summed E-state index contributed by atoms with van der Waals surface area (Å²) in [6.45, 7) is 0.403. The van der Waals surface area contributed by atoms with E-state index in [0.717, 1.165) is 5.56 Å². The normalized spacial score (nSPS) is 24.6. The molecule has 0 spiro atoms. The van der Waals surface area contributed by atoms with Gasteiger partial charge in [0.2, 0.25) is 0 Å². The van der Waals surface area contributed by atoms with Gasteiger partial charge < -0.3 is 20.9 Å². The number of alkyl carbamates (subject to hydrolysis) is 1. The SMILES string of the molecule is N[C@@]1(C(=O)O)C[C@@H]1CNC(=O)OCc1ccccc1. The molecule has 4 N–H and O–H groups in total. The van der Waals surface area contributed by atoms with E-state index in [1.54, 1.807) is 0 Å². The summed E-state index contributed by atoms with van der Waals surface area (Å²) in [6.07, 6.45) is -0.190. The lowest BCUT2D eigenvalue weighted by Crippen LogP contribution is -2.38. The maximum Gasteiger partial charge on any atom is 0.407 e. The lowest BCUT2D eigenvalue weighted by Gasteiger charge is -2.08. The van der Waals surface area contributed by atoms with Crippen molar-refractivity contribution in [3.63, 3.8) is 0 Å². The van der Waals surface area contributed by atoms with Gasteiger partial charge in [-0.1, -0.05) is 30.3 Å². The van der Waals surface area contributed by atoms with E-state index in [1.165, 1.54) is 0 Å². The number of hydrogen-bond acceptors (Lipinski definition) is 4. The van der Waals surface area contributed by atoms with Gasteiger partial charge in [-0.15, -0.1) is 0 Å². The summed E-state index contributed by atoms with van der Waals surface area (Å²) in [5.41, 5.74) is 5.30. The van der Waals surface area contributed by atoms with Gasteiger partial charge in [0.25, 0.3) is 0 Å². The monoisotopic (exact) mass is 264 g/mol. The number of nitrogens with one attached hydrogen (secondary N) is 1. The molecule has 0 unspecified atom stereocenters. The van der Waals surface area contributed by atoms with Gasteiger partial charge in [0.15, 0.2) is 0 Å². The first kappa shape index (κ1) is 13.4. The fourth-order valence-corrected chi connectivity index (χ4v) is 1.85. The van der Waals surface area contributed by atoms with Gasteiger partial charge in [-0.3, -0.25) is 4.79 Å². The average Bonchev–Trinajstić information content (AvgIpc) is 3.08. The van der Waals surface area contributed by atoms with Crippen LogP contribution in [0.3, 0.4) is 0 Å². The Bertz CT molecular complexity index is 477. The largest absolute Gasteiger partial charge is 0.480 e. The number of hydrogen-bond donors (Lipinski definition) is 3. The Morgan fingerprint density at radius 2 is 2.11 bits per heavy atom. The molecule has 0 bridgehead atoms. The Morgan fingerprint density at radius 1 is 1.42 bits per heavy atom. The topological polar surface area (TPSA) is 102 Å². The molecule has 0 aromatic heterocycles. The number of aliphatic carboxylic acids is 1. The number of carbonyl (C=O) groups is 2. The van der Waals surface area contributed by atoms with Crippen LogP contribution in [-0.2, 0) is 16.1 Å². The summed E-state index contributed by atoms with van der Waals surface area (Å²) < 4.78 is 5.00. The number of rotatable bonds is 5. The maximum absolute atomic E-state index is 11.4. The summed E-state index contributed by atoms with van der Waals surface area (Å²) in [6, 6.07) is 9.29. The Kier molecular flexibility index (Phi) is 3.71. The summed E-state index contributed by atoms with van der Waals surface area (Å²) in [4.78, 5) is 22.2. The van der Waals surface area contributed by atoms with Gasteiger partial charge in [0.05, 0.1) is 0 Å². The predicted octanol–water partition coefficient (Wildman–Crippen LogP) is 0.715. The molecule has 1 aliphatic carbocycles. The van der Waals surface area contributed by atoms with Crippen LogP contribution in [0.4, 0.5) is 4.79 Å². The molecular formula is C13H16N2O4. The van der Waals surface area contributed by atoms with Crippen molar-refractivity contribution >= 4 is 12.1 Å². The summed E-state index contributed by atoms with van der Waals surface area (Å²) >= 11 is 0. The third kappa shape index (κ3) is 3.23. The molecule has 102 valence electrons. The quantitative estimate of drug-likeness (QED) is 0.727. The van der Waals surface area contributed by atoms with Crippen LogP contribution in [0.5, 0.6) is 0 Å². The third-order valence-electron chi connectivity index (χ3n) is 3.26. The van der Waals surface area contributed by atoms with Crippen LogP contribution < -0.4 is 11.1 Å². The van der Waals surface area contributed by atoms with Crippen molar-refractivity contribution in [1.29, 1.82) is 0 Å². The minimum absolute atomic E-state index is 0.185. The van der Waals surface area contributed by atoms with Crippen molar-refractivity contribution in [2.45, 2.75) is 18.6 Å². The Hall–Kier alpha value is -2.08. The molecule has 1 saturated carbocycles. The molecule has 0 radical (unpaired) electrons. The number of carboxylic acids is 1. The first-order chi connectivity index (χ1) is 9.02. The summed E-state index contributed by atoms with van der Waals surface area (Å²) in [7, 11) is 0. The van der Waals surface area contributed by atoms with E-state index in [-0.39, 0.29) is 19.1 Å². The number of carbonyl (C=O) groups excluding carboxylic acids is 1. The lowest BCUT2D eigenvalue weighted by atomic mass is 10.2. The Morgan fingerprint density at radius 3 is 2.68 bits per heavy atom. The lowest BCUT2D eigenvalue weighted by molar-refractivity contribution is -0.140. The average molecular weight is 264 g/mol. The van der Waals surface area contributed by atoms with E-state index in [0.29, 0.717) is 6.42 Å². The number of amides is 1. The van der Waals surface area contributed by atoms with Gasteiger partial charge in [-0.05, 0) is 12.0 Å². The van der Waals surface area contributed by atoms with E-state index in [9.17, 15) is 9.59 Å². The molecule has 19 heavy (non-hydrogen) atoms. The van der Waals surface area contributed by atoms with E-state index in [1.807, 2.05) is 30.3 Å². The Labute approximate surface area is 110 Å². The van der Waals surface area contributed by atoms with Crippen molar-refractivity contribution in [1.82, 2.24) is 5.32 Å². The number of ether oxygens (including phenoxy) is 1. The maximum atomic E-state index is 11.4. The molecule has 0 heterocycles.